The molecule has 0 aromatic heterocycles. The Morgan fingerprint density at radius 1 is 0.491 bits per heavy atom. The van der Waals surface area contributed by atoms with Crippen molar-refractivity contribution in [3.8, 4) is 0 Å². The molecule has 326 valence electrons. The second kappa shape index (κ2) is 45.3. The molecule has 0 spiro atoms. The number of hydrogen-bond donors (Lipinski definition) is 3. The second-order valence-corrected chi connectivity index (χ2v) is 16.8. The van der Waals surface area contributed by atoms with Crippen molar-refractivity contribution in [1.82, 2.24) is 5.32 Å². The van der Waals surface area contributed by atoms with Gasteiger partial charge in [-0.05, 0) is 44.9 Å². The first kappa shape index (κ1) is 53.6. The van der Waals surface area contributed by atoms with E-state index in [-0.39, 0.29) is 18.5 Å². The van der Waals surface area contributed by atoms with Gasteiger partial charge in [0.15, 0.2) is 0 Å². The summed E-state index contributed by atoms with van der Waals surface area (Å²) >= 11 is 0. The molecular weight excluding hydrogens is 683 g/mol. The smallest absolute Gasteiger partial charge is 0.305 e. The standard InChI is InChI=1S/C49H95NO5/c1-3-5-7-9-11-13-15-16-17-18-19-22-25-29-33-37-41-47(52)46(45-51)50-48(53)42-38-34-30-26-23-20-24-28-32-36-40-44-55-49(54)43-39-35-31-27-21-14-12-10-8-6-4-2/h10,12,46-47,51-52H,3-9,11,13-45H2,1-2H3,(H,50,53)/b12-10-. The van der Waals surface area contributed by atoms with Gasteiger partial charge >= 0.3 is 5.97 Å². The number of ether oxygens (including phenoxy) is 1. The highest BCUT2D eigenvalue weighted by Gasteiger charge is 2.20. The number of allylic oxidation sites excluding steroid dienone is 2. The highest BCUT2D eigenvalue weighted by Crippen LogP contribution is 2.16. The molecule has 3 N–H and O–H groups in total. The van der Waals surface area contributed by atoms with E-state index in [1.54, 1.807) is 0 Å². The summed E-state index contributed by atoms with van der Waals surface area (Å²) in [5, 5.41) is 23.2. The maximum atomic E-state index is 12.4. The monoisotopic (exact) mass is 778 g/mol. The van der Waals surface area contributed by atoms with Crippen LogP contribution in [0.5, 0.6) is 0 Å². The number of aliphatic hydroxyl groups is 2. The minimum atomic E-state index is -0.675. The molecule has 0 aromatic rings. The Balaban J connectivity index is 3.49. The largest absolute Gasteiger partial charge is 0.466 e. The first-order chi connectivity index (χ1) is 27.0. The Morgan fingerprint density at radius 3 is 1.35 bits per heavy atom. The van der Waals surface area contributed by atoms with Gasteiger partial charge in [-0.2, -0.15) is 0 Å². The third kappa shape index (κ3) is 42.0. The summed E-state index contributed by atoms with van der Waals surface area (Å²) in [6.07, 6.45) is 50.2. The number of rotatable bonds is 45. The van der Waals surface area contributed by atoms with Crippen molar-refractivity contribution in [1.29, 1.82) is 0 Å². The van der Waals surface area contributed by atoms with Gasteiger partial charge in [-0.15, -0.1) is 0 Å². The van der Waals surface area contributed by atoms with Gasteiger partial charge in [0.2, 0.25) is 5.91 Å². The van der Waals surface area contributed by atoms with Crippen LogP contribution in [0, 0.1) is 0 Å². The van der Waals surface area contributed by atoms with Crippen molar-refractivity contribution in [2.75, 3.05) is 13.2 Å². The molecule has 6 heteroatoms. The molecule has 0 aliphatic heterocycles. The van der Waals surface area contributed by atoms with E-state index >= 15 is 0 Å². The fraction of sp³-hybridized carbons (Fsp3) is 0.918. The Hall–Kier alpha value is -1.40. The van der Waals surface area contributed by atoms with E-state index < -0.39 is 12.1 Å². The lowest BCUT2D eigenvalue weighted by Crippen LogP contribution is -2.45. The Bertz CT molecular complexity index is 817. The lowest BCUT2D eigenvalue weighted by Gasteiger charge is -2.22. The number of esters is 1. The average molecular weight is 778 g/mol. The van der Waals surface area contributed by atoms with E-state index in [1.807, 2.05) is 0 Å². The first-order valence-electron chi connectivity index (χ1n) is 24.4. The molecular formula is C49H95NO5. The Morgan fingerprint density at radius 2 is 0.873 bits per heavy atom. The highest BCUT2D eigenvalue weighted by atomic mass is 16.5. The molecule has 55 heavy (non-hydrogen) atoms. The van der Waals surface area contributed by atoms with Gasteiger partial charge in [0.05, 0.1) is 25.4 Å². The molecule has 0 radical (unpaired) electrons. The second-order valence-electron chi connectivity index (χ2n) is 16.8. The number of amides is 1. The number of nitrogens with one attached hydrogen (secondary N) is 1. The first-order valence-corrected chi connectivity index (χ1v) is 24.4. The van der Waals surface area contributed by atoms with E-state index in [2.05, 4.69) is 31.3 Å². The molecule has 0 aliphatic carbocycles. The molecule has 0 heterocycles. The van der Waals surface area contributed by atoms with Gasteiger partial charge < -0.3 is 20.3 Å². The summed E-state index contributed by atoms with van der Waals surface area (Å²) in [4.78, 5) is 24.4. The van der Waals surface area contributed by atoms with Crippen LogP contribution in [-0.2, 0) is 14.3 Å². The van der Waals surface area contributed by atoms with Gasteiger partial charge in [0.1, 0.15) is 0 Å². The number of unbranched alkanes of at least 4 members (excludes halogenated alkanes) is 32. The van der Waals surface area contributed by atoms with Gasteiger partial charge in [-0.25, -0.2) is 0 Å². The van der Waals surface area contributed by atoms with Crippen LogP contribution in [0.1, 0.15) is 264 Å². The maximum Gasteiger partial charge on any atom is 0.305 e. The van der Waals surface area contributed by atoms with E-state index in [1.165, 1.54) is 173 Å². The van der Waals surface area contributed by atoms with Crippen molar-refractivity contribution in [3.05, 3.63) is 12.2 Å². The highest BCUT2D eigenvalue weighted by molar-refractivity contribution is 5.76. The topological polar surface area (TPSA) is 95.9 Å². The Labute approximate surface area is 342 Å². The van der Waals surface area contributed by atoms with E-state index in [4.69, 9.17) is 4.74 Å². The lowest BCUT2D eigenvalue weighted by atomic mass is 10.0. The Kier molecular flexibility index (Phi) is 44.2. The van der Waals surface area contributed by atoms with Crippen LogP contribution < -0.4 is 5.32 Å². The minimum Gasteiger partial charge on any atom is -0.466 e. The molecule has 0 fully saturated rings. The van der Waals surface area contributed by atoms with Crippen molar-refractivity contribution < 1.29 is 24.5 Å². The molecule has 0 rings (SSSR count). The fourth-order valence-electron chi connectivity index (χ4n) is 7.50. The van der Waals surface area contributed by atoms with Gasteiger partial charge in [-0.1, -0.05) is 219 Å². The third-order valence-electron chi connectivity index (χ3n) is 11.3. The van der Waals surface area contributed by atoms with Crippen LogP contribution in [-0.4, -0.2) is 47.4 Å². The SMILES string of the molecule is CCCC/C=C\CCCCCCCC(=O)OCCCCCCCCCCCCCC(=O)NC(CO)C(O)CCCCCCCCCCCCCCCCCC. The molecule has 0 saturated heterocycles. The van der Waals surface area contributed by atoms with Crippen molar-refractivity contribution in [2.45, 2.75) is 276 Å². The zero-order valence-corrected chi connectivity index (χ0v) is 36.9. The zero-order chi connectivity index (χ0) is 40.1. The van der Waals surface area contributed by atoms with Crippen LogP contribution in [0.2, 0.25) is 0 Å². The normalized spacial score (nSPS) is 12.7. The molecule has 0 aliphatic rings. The summed E-state index contributed by atoms with van der Waals surface area (Å²) in [6.45, 7) is 4.87. The van der Waals surface area contributed by atoms with Crippen LogP contribution in [0.15, 0.2) is 12.2 Å². The van der Waals surface area contributed by atoms with Crippen LogP contribution in [0.25, 0.3) is 0 Å². The molecule has 0 aromatic carbocycles. The summed E-state index contributed by atoms with van der Waals surface area (Å²) < 4.78 is 5.43. The molecule has 2 atom stereocenters. The summed E-state index contributed by atoms with van der Waals surface area (Å²) in [5.74, 6) is -0.0779. The average Bonchev–Trinajstić information content (AvgIpc) is 3.18. The van der Waals surface area contributed by atoms with Crippen LogP contribution in [0.4, 0.5) is 0 Å². The van der Waals surface area contributed by atoms with Crippen molar-refractivity contribution >= 4 is 11.9 Å². The van der Waals surface area contributed by atoms with Crippen molar-refractivity contribution in [2.24, 2.45) is 0 Å². The molecule has 6 nitrogen and oxygen atoms in total. The van der Waals surface area contributed by atoms with Gasteiger partial charge in [0, 0.05) is 12.8 Å². The summed E-state index contributed by atoms with van der Waals surface area (Å²) in [7, 11) is 0. The minimum absolute atomic E-state index is 0.0245. The van der Waals surface area contributed by atoms with Crippen molar-refractivity contribution in [3.63, 3.8) is 0 Å². The maximum absolute atomic E-state index is 12.4. The molecule has 0 saturated carbocycles. The van der Waals surface area contributed by atoms with Crippen LogP contribution >= 0.6 is 0 Å². The number of carbonyl (C=O) groups excluding carboxylic acids is 2. The summed E-state index contributed by atoms with van der Waals surface area (Å²) in [6, 6.07) is -0.554. The number of hydrogen-bond acceptors (Lipinski definition) is 5. The van der Waals surface area contributed by atoms with E-state index in [0.717, 1.165) is 57.8 Å². The summed E-state index contributed by atoms with van der Waals surface area (Å²) in [5.41, 5.74) is 0. The zero-order valence-electron chi connectivity index (χ0n) is 36.9. The fourth-order valence-corrected chi connectivity index (χ4v) is 7.50. The predicted octanol–water partition coefficient (Wildman–Crippen LogP) is 14.2. The van der Waals surface area contributed by atoms with Gasteiger partial charge in [0.25, 0.3) is 0 Å². The quantitative estimate of drug-likeness (QED) is 0.0325. The number of aliphatic hydroxyl groups excluding tert-OH is 2. The molecule has 1 amide bonds. The van der Waals surface area contributed by atoms with Crippen LogP contribution in [0.3, 0.4) is 0 Å². The predicted molar refractivity (Wildman–Crippen MR) is 237 cm³/mol. The molecule has 2 unspecified atom stereocenters. The molecule has 0 bridgehead atoms. The third-order valence-corrected chi connectivity index (χ3v) is 11.3. The van der Waals surface area contributed by atoms with Gasteiger partial charge in [-0.3, -0.25) is 9.59 Å². The van der Waals surface area contributed by atoms with E-state index in [0.29, 0.717) is 25.9 Å². The number of carbonyl (C=O) groups is 2. The lowest BCUT2D eigenvalue weighted by molar-refractivity contribution is -0.143. The van der Waals surface area contributed by atoms with E-state index in [9.17, 15) is 19.8 Å².